The van der Waals surface area contributed by atoms with Gasteiger partial charge in [-0.3, -0.25) is 4.79 Å². The lowest BCUT2D eigenvalue weighted by molar-refractivity contribution is -0.116. The number of fused-ring (bicyclic) bond motifs is 1. The molecule has 0 amide bonds. The monoisotopic (exact) mass is 208 g/mol. The van der Waals surface area contributed by atoms with Gasteiger partial charge in [-0.15, -0.1) is 0 Å². The summed E-state index contributed by atoms with van der Waals surface area (Å²) in [6.07, 6.45) is 9.79. The molecule has 1 saturated carbocycles. The van der Waals surface area contributed by atoms with Crippen molar-refractivity contribution in [2.24, 2.45) is 5.41 Å². The highest BCUT2D eigenvalue weighted by Crippen LogP contribution is 2.49. The fourth-order valence-corrected chi connectivity index (χ4v) is 3.05. The molecule has 2 heteroatoms. The van der Waals surface area contributed by atoms with E-state index in [-0.39, 0.29) is 0 Å². The summed E-state index contributed by atoms with van der Waals surface area (Å²) in [5.41, 5.74) is 1.74. The Morgan fingerprint density at radius 3 is 3.00 bits per heavy atom. The van der Waals surface area contributed by atoms with Gasteiger partial charge in [0.05, 0.1) is 0 Å². The average Bonchev–Trinajstić information content (AvgIpc) is 2.27. The summed E-state index contributed by atoms with van der Waals surface area (Å²) < 4.78 is 5.20. The third kappa shape index (κ3) is 2.15. The van der Waals surface area contributed by atoms with Gasteiger partial charge in [-0.05, 0) is 43.6 Å². The van der Waals surface area contributed by atoms with Crippen LogP contribution in [0.1, 0.15) is 44.9 Å². The fraction of sp³-hybridized carbons (Fsp3) is 0.769. The Morgan fingerprint density at radius 1 is 1.33 bits per heavy atom. The zero-order valence-corrected chi connectivity index (χ0v) is 9.55. The van der Waals surface area contributed by atoms with Crippen LogP contribution < -0.4 is 0 Å². The average molecular weight is 208 g/mol. The van der Waals surface area contributed by atoms with Crippen LogP contribution in [0.3, 0.4) is 0 Å². The van der Waals surface area contributed by atoms with Crippen LogP contribution in [0.5, 0.6) is 0 Å². The number of methoxy groups -OCH3 is 1. The summed E-state index contributed by atoms with van der Waals surface area (Å²) in [5.74, 6) is 0.333. The molecule has 2 rings (SSSR count). The van der Waals surface area contributed by atoms with E-state index < -0.39 is 0 Å². The quantitative estimate of drug-likeness (QED) is 0.713. The first-order valence-electron chi connectivity index (χ1n) is 6.00. The van der Waals surface area contributed by atoms with E-state index in [0.717, 1.165) is 32.3 Å². The van der Waals surface area contributed by atoms with Crippen LogP contribution in [-0.2, 0) is 9.53 Å². The van der Waals surface area contributed by atoms with Crippen LogP contribution in [0.4, 0.5) is 0 Å². The second-order valence-electron chi connectivity index (χ2n) is 4.87. The van der Waals surface area contributed by atoms with Crippen LogP contribution in [0.2, 0.25) is 0 Å². The third-order valence-corrected chi connectivity index (χ3v) is 4.00. The first-order chi connectivity index (χ1) is 7.27. The molecule has 0 saturated heterocycles. The first-order valence-corrected chi connectivity index (χ1v) is 6.00. The van der Waals surface area contributed by atoms with Crippen LogP contribution in [0, 0.1) is 5.41 Å². The molecule has 84 valence electrons. The zero-order chi connectivity index (χ0) is 10.7. The molecule has 0 spiro atoms. The molecule has 0 aromatic carbocycles. The molecule has 15 heavy (non-hydrogen) atoms. The fourth-order valence-electron chi connectivity index (χ4n) is 3.05. The Balaban J connectivity index is 2.17. The summed E-state index contributed by atoms with van der Waals surface area (Å²) in [7, 11) is 1.76. The number of carbonyl (C=O) groups is 1. The summed E-state index contributed by atoms with van der Waals surface area (Å²) in [6.45, 7) is 0.825. The predicted octanol–water partition coefficient (Wildman–Crippen LogP) is 2.87. The van der Waals surface area contributed by atoms with Gasteiger partial charge in [0.1, 0.15) is 0 Å². The van der Waals surface area contributed by atoms with Gasteiger partial charge in [-0.1, -0.05) is 12.0 Å². The van der Waals surface area contributed by atoms with Gasteiger partial charge < -0.3 is 4.74 Å². The van der Waals surface area contributed by atoms with E-state index in [2.05, 4.69) is 0 Å². The van der Waals surface area contributed by atoms with Gasteiger partial charge in [-0.2, -0.15) is 0 Å². The number of rotatable bonds is 3. The van der Waals surface area contributed by atoms with Gasteiger partial charge >= 0.3 is 0 Å². The standard InChI is InChI=1S/C13H20O2/c1-15-9-8-13-6-3-2-4-11(13)10-12(14)5-7-13/h10H,2-9H2,1H3. The first kappa shape index (κ1) is 10.9. The Labute approximate surface area is 91.7 Å². The van der Waals surface area contributed by atoms with Crippen molar-refractivity contribution < 1.29 is 9.53 Å². The maximum atomic E-state index is 11.4. The van der Waals surface area contributed by atoms with Crippen molar-refractivity contribution in [3.63, 3.8) is 0 Å². The number of allylic oxidation sites excluding steroid dienone is 2. The van der Waals surface area contributed by atoms with E-state index in [1.54, 1.807) is 7.11 Å². The molecule has 2 aliphatic rings. The normalized spacial score (nSPS) is 31.0. The zero-order valence-electron chi connectivity index (χ0n) is 9.55. The van der Waals surface area contributed by atoms with Gasteiger partial charge in [-0.25, -0.2) is 0 Å². The van der Waals surface area contributed by atoms with E-state index in [1.165, 1.54) is 24.8 Å². The smallest absolute Gasteiger partial charge is 0.155 e. The van der Waals surface area contributed by atoms with Crippen LogP contribution in [0.15, 0.2) is 11.6 Å². The van der Waals surface area contributed by atoms with Crippen molar-refractivity contribution in [1.82, 2.24) is 0 Å². The minimum atomic E-state index is 0.322. The van der Waals surface area contributed by atoms with Crippen molar-refractivity contribution >= 4 is 5.78 Å². The third-order valence-electron chi connectivity index (χ3n) is 4.00. The van der Waals surface area contributed by atoms with E-state index in [1.807, 2.05) is 6.08 Å². The SMILES string of the molecule is COCCC12CCCCC1=CC(=O)CC2. The molecule has 0 N–H and O–H groups in total. The van der Waals surface area contributed by atoms with Gasteiger partial charge in [0.15, 0.2) is 5.78 Å². The Bertz CT molecular complexity index is 280. The number of hydrogen-bond donors (Lipinski definition) is 0. The van der Waals surface area contributed by atoms with Crippen molar-refractivity contribution in [3.05, 3.63) is 11.6 Å². The molecule has 0 aromatic rings. The molecule has 1 atom stereocenters. The van der Waals surface area contributed by atoms with Crippen molar-refractivity contribution in [2.75, 3.05) is 13.7 Å². The lowest BCUT2D eigenvalue weighted by Gasteiger charge is -2.42. The second-order valence-corrected chi connectivity index (χ2v) is 4.87. The van der Waals surface area contributed by atoms with Gasteiger partial charge in [0.25, 0.3) is 0 Å². The van der Waals surface area contributed by atoms with Crippen LogP contribution >= 0.6 is 0 Å². The number of ketones is 1. The van der Waals surface area contributed by atoms with Crippen molar-refractivity contribution in [2.45, 2.75) is 44.9 Å². The summed E-state index contributed by atoms with van der Waals surface area (Å²) >= 11 is 0. The highest BCUT2D eigenvalue weighted by molar-refractivity contribution is 5.91. The minimum absolute atomic E-state index is 0.322. The number of hydrogen-bond acceptors (Lipinski definition) is 2. The molecule has 1 fully saturated rings. The minimum Gasteiger partial charge on any atom is -0.385 e. The molecule has 1 unspecified atom stereocenters. The molecular formula is C13H20O2. The van der Waals surface area contributed by atoms with Gasteiger partial charge in [0, 0.05) is 20.1 Å². The Kier molecular flexibility index (Phi) is 3.25. The van der Waals surface area contributed by atoms with Crippen LogP contribution in [-0.4, -0.2) is 19.5 Å². The number of ether oxygens (including phenoxy) is 1. The summed E-state index contributed by atoms with van der Waals surface area (Å²) in [4.78, 5) is 11.4. The molecule has 0 heterocycles. The Hall–Kier alpha value is -0.630. The molecule has 0 bridgehead atoms. The van der Waals surface area contributed by atoms with Crippen molar-refractivity contribution in [1.29, 1.82) is 0 Å². The second kappa shape index (κ2) is 4.48. The molecule has 2 aliphatic carbocycles. The number of carbonyl (C=O) groups excluding carboxylic acids is 1. The lowest BCUT2D eigenvalue weighted by Crippen LogP contribution is -2.32. The van der Waals surface area contributed by atoms with E-state index in [0.29, 0.717) is 11.2 Å². The van der Waals surface area contributed by atoms with E-state index in [4.69, 9.17) is 4.74 Å². The topological polar surface area (TPSA) is 26.3 Å². The molecule has 0 aromatic heterocycles. The van der Waals surface area contributed by atoms with Crippen LogP contribution in [0.25, 0.3) is 0 Å². The lowest BCUT2D eigenvalue weighted by atomic mass is 9.63. The molecule has 0 aliphatic heterocycles. The maximum absolute atomic E-state index is 11.4. The largest absolute Gasteiger partial charge is 0.385 e. The van der Waals surface area contributed by atoms with Crippen molar-refractivity contribution in [3.8, 4) is 0 Å². The highest BCUT2D eigenvalue weighted by atomic mass is 16.5. The molecule has 2 nitrogen and oxygen atoms in total. The molecular weight excluding hydrogens is 188 g/mol. The highest BCUT2D eigenvalue weighted by Gasteiger charge is 2.38. The van der Waals surface area contributed by atoms with E-state index in [9.17, 15) is 4.79 Å². The Morgan fingerprint density at radius 2 is 2.20 bits per heavy atom. The summed E-state index contributed by atoms with van der Waals surface area (Å²) in [5, 5.41) is 0. The van der Waals surface area contributed by atoms with Gasteiger partial charge in [0.2, 0.25) is 0 Å². The molecule has 0 radical (unpaired) electrons. The van der Waals surface area contributed by atoms with E-state index >= 15 is 0 Å². The summed E-state index contributed by atoms with van der Waals surface area (Å²) in [6, 6.07) is 0. The maximum Gasteiger partial charge on any atom is 0.155 e. The predicted molar refractivity (Wildman–Crippen MR) is 59.7 cm³/mol.